The lowest BCUT2D eigenvalue weighted by molar-refractivity contribution is 0.0935. The number of amides is 1. The molecule has 2 N–H and O–H groups in total. The average molecular weight is 329 g/mol. The van der Waals surface area contributed by atoms with E-state index in [-0.39, 0.29) is 11.5 Å². The normalized spacial score (nSPS) is 13.4. The minimum atomic E-state index is -0.534. The SMILES string of the molecule is Cc1ccc(-c2ccc(C(=O)NCC(C)CC(C)O)c(F)c2)cc1. The van der Waals surface area contributed by atoms with E-state index >= 15 is 0 Å². The molecule has 0 spiro atoms. The number of aliphatic hydroxyl groups is 1. The summed E-state index contributed by atoms with van der Waals surface area (Å²) in [5.41, 5.74) is 2.83. The van der Waals surface area contributed by atoms with Gasteiger partial charge < -0.3 is 10.4 Å². The van der Waals surface area contributed by atoms with E-state index in [4.69, 9.17) is 0 Å². The number of carbonyl (C=O) groups is 1. The van der Waals surface area contributed by atoms with Crippen LogP contribution in [0.1, 0.15) is 36.2 Å². The molecule has 0 aliphatic heterocycles. The molecule has 3 nitrogen and oxygen atoms in total. The van der Waals surface area contributed by atoms with Crippen LogP contribution in [0.25, 0.3) is 11.1 Å². The van der Waals surface area contributed by atoms with Gasteiger partial charge in [-0.15, -0.1) is 0 Å². The zero-order chi connectivity index (χ0) is 17.7. The molecule has 0 aliphatic carbocycles. The first-order valence-corrected chi connectivity index (χ1v) is 8.19. The second-order valence-corrected chi connectivity index (χ2v) is 6.46. The molecule has 2 rings (SSSR count). The molecule has 0 radical (unpaired) electrons. The summed E-state index contributed by atoms with van der Waals surface area (Å²) in [5, 5.41) is 12.1. The Balaban J connectivity index is 2.06. The van der Waals surface area contributed by atoms with Gasteiger partial charge in [0.25, 0.3) is 5.91 Å². The highest BCUT2D eigenvalue weighted by Crippen LogP contribution is 2.22. The second kappa shape index (κ2) is 8.06. The molecule has 0 heterocycles. The van der Waals surface area contributed by atoms with Gasteiger partial charge in [0.05, 0.1) is 11.7 Å². The number of benzene rings is 2. The van der Waals surface area contributed by atoms with Crippen molar-refractivity contribution in [3.05, 3.63) is 59.4 Å². The van der Waals surface area contributed by atoms with Crippen LogP contribution in [0.2, 0.25) is 0 Å². The van der Waals surface area contributed by atoms with Crippen molar-refractivity contribution in [2.24, 2.45) is 5.92 Å². The fourth-order valence-corrected chi connectivity index (χ4v) is 2.65. The first-order chi connectivity index (χ1) is 11.4. The third-order valence-corrected chi connectivity index (χ3v) is 3.95. The number of aliphatic hydroxyl groups excluding tert-OH is 1. The van der Waals surface area contributed by atoms with E-state index in [0.29, 0.717) is 13.0 Å². The fourth-order valence-electron chi connectivity index (χ4n) is 2.65. The van der Waals surface area contributed by atoms with Crippen LogP contribution < -0.4 is 5.32 Å². The smallest absolute Gasteiger partial charge is 0.254 e. The van der Waals surface area contributed by atoms with Crippen molar-refractivity contribution in [2.75, 3.05) is 6.54 Å². The molecule has 1 amide bonds. The zero-order valence-electron chi connectivity index (χ0n) is 14.3. The van der Waals surface area contributed by atoms with Crippen LogP contribution in [0.4, 0.5) is 4.39 Å². The molecule has 2 unspecified atom stereocenters. The molecule has 4 heteroatoms. The summed E-state index contributed by atoms with van der Waals surface area (Å²) in [4.78, 5) is 12.1. The molecule has 2 aromatic carbocycles. The lowest BCUT2D eigenvalue weighted by Gasteiger charge is -2.14. The summed E-state index contributed by atoms with van der Waals surface area (Å²) in [5.74, 6) is -0.835. The van der Waals surface area contributed by atoms with Crippen LogP contribution in [0.15, 0.2) is 42.5 Å². The Bertz CT molecular complexity index is 695. The van der Waals surface area contributed by atoms with Crippen molar-refractivity contribution in [1.29, 1.82) is 0 Å². The standard InChI is InChI=1S/C20H24FNO2/c1-13-4-6-16(7-5-13)17-8-9-18(19(21)11-17)20(24)22-12-14(2)10-15(3)23/h4-9,11,14-15,23H,10,12H2,1-3H3,(H,22,24). The Morgan fingerprint density at radius 2 is 1.75 bits per heavy atom. The van der Waals surface area contributed by atoms with Gasteiger partial charge in [0, 0.05) is 6.54 Å². The van der Waals surface area contributed by atoms with Crippen LogP contribution >= 0.6 is 0 Å². The predicted molar refractivity (Wildman–Crippen MR) is 94.4 cm³/mol. The summed E-state index contributed by atoms with van der Waals surface area (Å²) in [6.45, 7) is 6.05. The number of halogens is 1. The van der Waals surface area contributed by atoms with Crippen LogP contribution in [-0.2, 0) is 0 Å². The van der Waals surface area contributed by atoms with E-state index in [1.807, 2.05) is 38.1 Å². The number of rotatable bonds is 6. The van der Waals surface area contributed by atoms with Gasteiger partial charge in [-0.3, -0.25) is 4.79 Å². The minimum absolute atomic E-state index is 0.0371. The van der Waals surface area contributed by atoms with Crippen LogP contribution in [0.3, 0.4) is 0 Å². The monoisotopic (exact) mass is 329 g/mol. The molecule has 2 atom stereocenters. The van der Waals surface area contributed by atoms with Crippen molar-refractivity contribution in [1.82, 2.24) is 5.32 Å². The first-order valence-electron chi connectivity index (χ1n) is 8.19. The first kappa shape index (κ1) is 18.1. The van der Waals surface area contributed by atoms with Gasteiger partial charge in [-0.25, -0.2) is 4.39 Å². The van der Waals surface area contributed by atoms with E-state index in [0.717, 1.165) is 16.7 Å². The number of carbonyl (C=O) groups excluding carboxylic acids is 1. The second-order valence-electron chi connectivity index (χ2n) is 6.46. The van der Waals surface area contributed by atoms with Gasteiger partial charge >= 0.3 is 0 Å². The Morgan fingerprint density at radius 3 is 2.33 bits per heavy atom. The van der Waals surface area contributed by atoms with Crippen LogP contribution in [0.5, 0.6) is 0 Å². The molecule has 0 saturated heterocycles. The molecule has 2 aromatic rings. The lowest BCUT2D eigenvalue weighted by Crippen LogP contribution is -2.30. The molecule has 128 valence electrons. The third-order valence-electron chi connectivity index (χ3n) is 3.95. The van der Waals surface area contributed by atoms with E-state index in [2.05, 4.69) is 5.32 Å². The maximum atomic E-state index is 14.3. The summed E-state index contributed by atoms with van der Waals surface area (Å²) in [6, 6.07) is 12.5. The number of aryl methyl sites for hydroxylation is 1. The van der Waals surface area contributed by atoms with Crippen molar-refractivity contribution < 1.29 is 14.3 Å². The Kier molecular flexibility index (Phi) is 6.10. The topological polar surface area (TPSA) is 49.3 Å². The van der Waals surface area contributed by atoms with Crippen LogP contribution in [0, 0.1) is 18.7 Å². The highest BCUT2D eigenvalue weighted by atomic mass is 19.1. The zero-order valence-corrected chi connectivity index (χ0v) is 14.3. The average Bonchev–Trinajstić information content (AvgIpc) is 2.52. The summed E-state index contributed by atoms with van der Waals surface area (Å²) in [6.07, 6.45) is 0.178. The van der Waals surface area contributed by atoms with Crippen molar-refractivity contribution in [2.45, 2.75) is 33.3 Å². The van der Waals surface area contributed by atoms with E-state index in [1.165, 1.54) is 12.1 Å². The third kappa shape index (κ3) is 4.90. The van der Waals surface area contributed by atoms with Gasteiger partial charge in [-0.1, -0.05) is 42.8 Å². The van der Waals surface area contributed by atoms with Crippen molar-refractivity contribution >= 4 is 5.91 Å². The number of hydrogen-bond donors (Lipinski definition) is 2. The largest absolute Gasteiger partial charge is 0.393 e. The molecule has 0 aromatic heterocycles. The summed E-state index contributed by atoms with van der Waals surface area (Å²) >= 11 is 0. The van der Waals surface area contributed by atoms with Crippen molar-refractivity contribution in [3.63, 3.8) is 0 Å². The maximum absolute atomic E-state index is 14.3. The Morgan fingerprint density at radius 1 is 1.12 bits per heavy atom. The molecule has 0 fully saturated rings. The van der Waals surface area contributed by atoms with Gasteiger partial charge in [-0.2, -0.15) is 0 Å². The Labute approximate surface area is 142 Å². The molecule has 0 saturated carbocycles. The van der Waals surface area contributed by atoms with E-state index in [1.54, 1.807) is 13.0 Å². The number of nitrogens with one attached hydrogen (secondary N) is 1. The van der Waals surface area contributed by atoms with Gasteiger partial charge in [-0.05, 0) is 49.4 Å². The molecular formula is C20H24FNO2. The van der Waals surface area contributed by atoms with E-state index < -0.39 is 17.8 Å². The van der Waals surface area contributed by atoms with Crippen molar-refractivity contribution in [3.8, 4) is 11.1 Å². The summed E-state index contributed by atoms with van der Waals surface area (Å²) < 4.78 is 14.3. The van der Waals surface area contributed by atoms with Gasteiger partial charge in [0.1, 0.15) is 5.82 Å². The lowest BCUT2D eigenvalue weighted by atomic mass is 10.0. The highest BCUT2D eigenvalue weighted by molar-refractivity contribution is 5.95. The van der Waals surface area contributed by atoms with Gasteiger partial charge in [0.2, 0.25) is 0 Å². The minimum Gasteiger partial charge on any atom is -0.393 e. The summed E-state index contributed by atoms with van der Waals surface area (Å²) in [7, 11) is 0. The fraction of sp³-hybridized carbons (Fsp3) is 0.350. The molecule has 24 heavy (non-hydrogen) atoms. The van der Waals surface area contributed by atoms with Crippen LogP contribution in [-0.4, -0.2) is 23.7 Å². The molecular weight excluding hydrogens is 305 g/mol. The highest BCUT2D eigenvalue weighted by Gasteiger charge is 2.14. The quantitative estimate of drug-likeness (QED) is 0.843. The van der Waals surface area contributed by atoms with Gasteiger partial charge in [0.15, 0.2) is 0 Å². The Hall–Kier alpha value is -2.20. The predicted octanol–water partition coefficient (Wildman–Crippen LogP) is 3.94. The molecule has 0 bridgehead atoms. The number of hydrogen-bond acceptors (Lipinski definition) is 2. The maximum Gasteiger partial charge on any atom is 0.254 e. The van der Waals surface area contributed by atoms with E-state index in [9.17, 15) is 14.3 Å². The molecule has 0 aliphatic rings.